The molecule has 0 aromatic heterocycles. The van der Waals surface area contributed by atoms with Gasteiger partial charge in [-0.3, -0.25) is 9.59 Å². The zero-order chi connectivity index (χ0) is 13.4. The topological polar surface area (TPSA) is 84.2 Å². The minimum absolute atomic E-state index is 0.0536. The molecule has 5 nitrogen and oxygen atoms in total. The Balaban J connectivity index is 1.92. The van der Waals surface area contributed by atoms with E-state index in [2.05, 4.69) is 10.6 Å². The van der Waals surface area contributed by atoms with E-state index in [-0.39, 0.29) is 11.8 Å². The van der Waals surface area contributed by atoms with Crippen LogP contribution in [0.2, 0.25) is 0 Å². The van der Waals surface area contributed by atoms with Crippen molar-refractivity contribution in [3.63, 3.8) is 0 Å². The molecule has 18 heavy (non-hydrogen) atoms. The van der Waals surface area contributed by atoms with Crippen LogP contribution < -0.4 is 16.4 Å². The first-order valence-electron chi connectivity index (χ1n) is 6.88. The van der Waals surface area contributed by atoms with E-state index in [0.717, 1.165) is 19.3 Å². The minimum atomic E-state index is 0.0536. The average Bonchev–Trinajstić information content (AvgIpc) is 3.15. The second-order valence-corrected chi connectivity index (χ2v) is 5.17. The number of carbonyl (C=O) groups excluding carboxylic acids is 2. The van der Waals surface area contributed by atoms with Crippen LogP contribution in [0.1, 0.15) is 45.4 Å². The van der Waals surface area contributed by atoms with Crippen molar-refractivity contribution >= 4 is 11.8 Å². The van der Waals surface area contributed by atoms with Gasteiger partial charge in [-0.15, -0.1) is 0 Å². The van der Waals surface area contributed by atoms with E-state index in [9.17, 15) is 9.59 Å². The highest BCUT2D eigenvalue weighted by atomic mass is 16.2. The fourth-order valence-corrected chi connectivity index (χ4v) is 1.59. The van der Waals surface area contributed by atoms with Crippen LogP contribution in [-0.4, -0.2) is 30.9 Å². The summed E-state index contributed by atoms with van der Waals surface area (Å²) in [5.41, 5.74) is 5.48. The molecule has 1 aliphatic rings. The molecule has 0 aliphatic heterocycles. The van der Waals surface area contributed by atoms with Crippen molar-refractivity contribution in [2.75, 3.05) is 13.1 Å². The van der Waals surface area contributed by atoms with E-state index in [1.54, 1.807) is 0 Å². The van der Waals surface area contributed by atoms with Crippen molar-refractivity contribution in [2.45, 2.75) is 51.5 Å². The van der Waals surface area contributed by atoms with Gasteiger partial charge in [-0.25, -0.2) is 0 Å². The molecule has 2 amide bonds. The summed E-state index contributed by atoms with van der Waals surface area (Å²) in [5.74, 6) is 0.543. The van der Waals surface area contributed by atoms with Crippen LogP contribution in [0.15, 0.2) is 0 Å². The summed E-state index contributed by atoms with van der Waals surface area (Å²) < 4.78 is 0. The molecule has 0 bridgehead atoms. The molecule has 0 radical (unpaired) electrons. The van der Waals surface area contributed by atoms with E-state index in [0.29, 0.717) is 44.3 Å². The molecule has 1 atom stereocenters. The Morgan fingerprint density at radius 1 is 1.28 bits per heavy atom. The van der Waals surface area contributed by atoms with Crippen molar-refractivity contribution in [1.29, 1.82) is 0 Å². The lowest BCUT2D eigenvalue weighted by molar-refractivity contribution is -0.123. The maximum Gasteiger partial charge on any atom is 0.220 e. The lowest BCUT2D eigenvalue weighted by atomic mass is 10.1. The molecule has 1 unspecified atom stereocenters. The predicted molar refractivity (Wildman–Crippen MR) is 70.9 cm³/mol. The monoisotopic (exact) mass is 255 g/mol. The standard InChI is InChI=1S/C13H25N3O2/c1-10(9-14)4-7-12(17)15-8-2-3-13(18)16-11-5-6-11/h10-11H,2-9,14H2,1H3,(H,15,17)(H,16,18). The summed E-state index contributed by atoms with van der Waals surface area (Å²) in [6.07, 6.45) is 4.77. The van der Waals surface area contributed by atoms with Gasteiger partial charge in [0.05, 0.1) is 0 Å². The summed E-state index contributed by atoms with van der Waals surface area (Å²) >= 11 is 0. The number of hydrogen-bond donors (Lipinski definition) is 3. The quantitative estimate of drug-likeness (QED) is 0.526. The smallest absolute Gasteiger partial charge is 0.220 e. The number of rotatable bonds is 9. The highest BCUT2D eigenvalue weighted by molar-refractivity contribution is 5.77. The molecule has 4 N–H and O–H groups in total. The van der Waals surface area contributed by atoms with E-state index >= 15 is 0 Å². The van der Waals surface area contributed by atoms with Gasteiger partial charge in [0.1, 0.15) is 0 Å². The van der Waals surface area contributed by atoms with E-state index < -0.39 is 0 Å². The SMILES string of the molecule is CC(CN)CCC(=O)NCCCC(=O)NC1CC1. The summed E-state index contributed by atoms with van der Waals surface area (Å²) in [6.45, 7) is 3.23. The Morgan fingerprint density at radius 3 is 2.61 bits per heavy atom. The summed E-state index contributed by atoms with van der Waals surface area (Å²) in [6, 6.07) is 0.421. The Kier molecular flexibility index (Phi) is 6.72. The molecule has 104 valence electrons. The van der Waals surface area contributed by atoms with Crippen LogP contribution in [-0.2, 0) is 9.59 Å². The Bertz CT molecular complexity index is 277. The van der Waals surface area contributed by atoms with Crippen LogP contribution in [0, 0.1) is 5.92 Å². The van der Waals surface area contributed by atoms with Crippen LogP contribution in [0.25, 0.3) is 0 Å². The fraction of sp³-hybridized carbons (Fsp3) is 0.846. The van der Waals surface area contributed by atoms with Crippen molar-refractivity contribution in [3.05, 3.63) is 0 Å². The van der Waals surface area contributed by atoms with Gasteiger partial charge in [-0.2, -0.15) is 0 Å². The summed E-state index contributed by atoms with van der Waals surface area (Å²) in [4.78, 5) is 22.8. The zero-order valence-electron chi connectivity index (χ0n) is 11.2. The maximum absolute atomic E-state index is 11.4. The van der Waals surface area contributed by atoms with E-state index in [4.69, 9.17) is 5.73 Å². The van der Waals surface area contributed by atoms with Crippen molar-refractivity contribution in [1.82, 2.24) is 10.6 Å². The molecule has 0 aromatic rings. The molecule has 0 spiro atoms. The second kappa shape index (κ2) is 8.08. The van der Waals surface area contributed by atoms with Gasteiger partial charge in [-0.05, 0) is 38.1 Å². The fourth-order valence-electron chi connectivity index (χ4n) is 1.59. The van der Waals surface area contributed by atoms with Crippen molar-refractivity contribution in [3.8, 4) is 0 Å². The molecule has 1 aliphatic carbocycles. The summed E-state index contributed by atoms with van der Waals surface area (Å²) in [5, 5.41) is 5.75. The molecule has 0 heterocycles. The van der Waals surface area contributed by atoms with Gasteiger partial charge in [-0.1, -0.05) is 6.92 Å². The van der Waals surface area contributed by atoms with Gasteiger partial charge in [0, 0.05) is 25.4 Å². The second-order valence-electron chi connectivity index (χ2n) is 5.17. The molecule has 1 rings (SSSR count). The van der Waals surface area contributed by atoms with Crippen LogP contribution in [0.5, 0.6) is 0 Å². The Morgan fingerprint density at radius 2 is 2.00 bits per heavy atom. The Labute approximate surface area is 109 Å². The molecule has 0 saturated heterocycles. The summed E-state index contributed by atoms with van der Waals surface area (Å²) in [7, 11) is 0. The number of nitrogens with two attached hydrogens (primary N) is 1. The van der Waals surface area contributed by atoms with Gasteiger partial charge in [0.25, 0.3) is 0 Å². The van der Waals surface area contributed by atoms with E-state index in [1.165, 1.54) is 0 Å². The first kappa shape index (κ1) is 15.0. The van der Waals surface area contributed by atoms with Gasteiger partial charge >= 0.3 is 0 Å². The average molecular weight is 255 g/mol. The molecule has 0 aromatic carbocycles. The molecule has 1 saturated carbocycles. The third-order valence-corrected chi connectivity index (χ3v) is 3.11. The Hall–Kier alpha value is -1.10. The van der Waals surface area contributed by atoms with Crippen LogP contribution in [0.3, 0.4) is 0 Å². The maximum atomic E-state index is 11.4. The van der Waals surface area contributed by atoms with Gasteiger partial charge in [0.2, 0.25) is 11.8 Å². The lowest BCUT2D eigenvalue weighted by Gasteiger charge is -2.08. The predicted octanol–water partition coefficient (Wildman–Crippen LogP) is 0.536. The zero-order valence-corrected chi connectivity index (χ0v) is 11.2. The molecular formula is C13H25N3O2. The highest BCUT2D eigenvalue weighted by Gasteiger charge is 2.22. The number of hydrogen-bond acceptors (Lipinski definition) is 3. The third kappa shape index (κ3) is 7.27. The number of carbonyl (C=O) groups is 2. The number of nitrogens with one attached hydrogen (secondary N) is 2. The molecule has 5 heteroatoms. The molecule has 1 fully saturated rings. The molecular weight excluding hydrogens is 230 g/mol. The first-order valence-corrected chi connectivity index (χ1v) is 6.88. The van der Waals surface area contributed by atoms with Crippen molar-refractivity contribution in [2.24, 2.45) is 11.7 Å². The minimum Gasteiger partial charge on any atom is -0.356 e. The van der Waals surface area contributed by atoms with Crippen LogP contribution in [0.4, 0.5) is 0 Å². The third-order valence-electron chi connectivity index (χ3n) is 3.11. The normalized spacial score (nSPS) is 16.1. The van der Waals surface area contributed by atoms with E-state index in [1.807, 2.05) is 6.92 Å². The van der Waals surface area contributed by atoms with Crippen molar-refractivity contribution < 1.29 is 9.59 Å². The highest BCUT2D eigenvalue weighted by Crippen LogP contribution is 2.18. The lowest BCUT2D eigenvalue weighted by Crippen LogP contribution is -2.28. The number of amides is 2. The van der Waals surface area contributed by atoms with Crippen LogP contribution >= 0.6 is 0 Å². The van der Waals surface area contributed by atoms with Gasteiger partial charge < -0.3 is 16.4 Å². The first-order chi connectivity index (χ1) is 8.61. The van der Waals surface area contributed by atoms with Gasteiger partial charge in [0.15, 0.2) is 0 Å². The largest absolute Gasteiger partial charge is 0.356 e.